The summed E-state index contributed by atoms with van der Waals surface area (Å²) in [5.41, 5.74) is -0.182. The first-order chi connectivity index (χ1) is 6.96. The summed E-state index contributed by atoms with van der Waals surface area (Å²) in [5.74, 6) is -0.173. The van der Waals surface area contributed by atoms with E-state index in [1.54, 1.807) is 0 Å². The fraction of sp³-hybridized carbons (Fsp3) is 0.909. The summed E-state index contributed by atoms with van der Waals surface area (Å²) in [4.78, 5) is 13.6. The molecule has 1 rings (SSSR count). The van der Waals surface area contributed by atoms with Crippen molar-refractivity contribution in [3.63, 3.8) is 0 Å². The number of hydrogen-bond acceptors (Lipinski definition) is 4. The summed E-state index contributed by atoms with van der Waals surface area (Å²) in [6.07, 6.45) is 0.963. The van der Waals surface area contributed by atoms with Crippen LogP contribution in [0.1, 0.15) is 27.2 Å². The molecule has 1 fully saturated rings. The third-order valence-electron chi connectivity index (χ3n) is 2.76. The van der Waals surface area contributed by atoms with E-state index in [9.17, 15) is 4.79 Å². The Bertz CT molecular complexity index is 228. The first-order valence-electron chi connectivity index (χ1n) is 5.42. The Morgan fingerprint density at radius 3 is 2.80 bits per heavy atom. The lowest BCUT2D eigenvalue weighted by Crippen LogP contribution is -2.46. The van der Waals surface area contributed by atoms with Crippen LogP contribution in [0.3, 0.4) is 0 Å². The molecule has 1 aliphatic rings. The number of carbonyl (C=O) groups excluding carboxylic acids is 1. The molecular weight excluding hydrogens is 194 g/mol. The smallest absolute Gasteiger partial charge is 0.322 e. The quantitative estimate of drug-likeness (QED) is 0.645. The van der Waals surface area contributed by atoms with Crippen LogP contribution in [-0.4, -0.2) is 49.3 Å². The van der Waals surface area contributed by atoms with Crippen molar-refractivity contribution < 1.29 is 14.3 Å². The topological polar surface area (TPSA) is 38.8 Å². The molecular formula is C11H21NO3. The van der Waals surface area contributed by atoms with Gasteiger partial charge in [-0.3, -0.25) is 9.69 Å². The number of ether oxygens (including phenoxy) is 2. The van der Waals surface area contributed by atoms with Gasteiger partial charge < -0.3 is 9.47 Å². The van der Waals surface area contributed by atoms with Gasteiger partial charge in [-0.05, 0) is 27.2 Å². The fourth-order valence-corrected chi connectivity index (χ4v) is 1.88. The van der Waals surface area contributed by atoms with E-state index in [1.807, 2.05) is 6.92 Å². The third-order valence-corrected chi connectivity index (χ3v) is 2.76. The summed E-state index contributed by atoms with van der Waals surface area (Å²) in [6, 6.07) is -0.184. The Morgan fingerprint density at radius 2 is 2.20 bits per heavy atom. The average Bonchev–Trinajstić information content (AvgIpc) is 2.36. The lowest BCUT2D eigenvalue weighted by atomic mass is 10.1. The number of methoxy groups -OCH3 is 1. The van der Waals surface area contributed by atoms with Crippen LogP contribution < -0.4 is 0 Å². The van der Waals surface area contributed by atoms with E-state index in [2.05, 4.69) is 18.7 Å². The minimum Gasteiger partial charge on any atom is -0.468 e. The van der Waals surface area contributed by atoms with E-state index in [0.29, 0.717) is 0 Å². The standard InChI is InChI=1S/C11H21NO3/c1-9(10(13)14-4)12-6-5-7-15-11(2,3)8-12/h9H,5-8H2,1-4H3. The lowest BCUT2D eigenvalue weighted by molar-refractivity contribution is -0.147. The molecule has 1 atom stereocenters. The SMILES string of the molecule is COC(=O)C(C)N1CCCOC(C)(C)C1. The van der Waals surface area contributed by atoms with Crippen molar-refractivity contribution >= 4 is 5.97 Å². The number of hydrogen-bond donors (Lipinski definition) is 0. The van der Waals surface area contributed by atoms with Crippen molar-refractivity contribution in [2.75, 3.05) is 26.8 Å². The van der Waals surface area contributed by atoms with Gasteiger partial charge in [0, 0.05) is 19.7 Å². The first-order valence-corrected chi connectivity index (χ1v) is 5.42. The average molecular weight is 215 g/mol. The van der Waals surface area contributed by atoms with Crippen molar-refractivity contribution in [2.24, 2.45) is 0 Å². The van der Waals surface area contributed by atoms with Gasteiger partial charge in [0.05, 0.1) is 12.7 Å². The Labute approximate surface area is 91.5 Å². The van der Waals surface area contributed by atoms with Gasteiger partial charge in [0.25, 0.3) is 0 Å². The summed E-state index contributed by atoms with van der Waals surface area (Å²) >= 11 is 0. The van der Waals surface area contributed by atoms with Gasteiger partial charge in [-0.2, -0.15) is 0 Å². The van der Waals surface area contributed by atoms with E-state index in [0.717, 1.165) is 26.1 Å². The Hall–Kier alpha value is -0.610. The van der Waals surface area contributed by atoms with Crippen LogP contribution in [-0.2, 0) is 14.3 Å². The van der Waals surface area contributed by atoms with E-state index in [1.165, 1.54) is 7.11 Å². The van der Waals surface area contributed by atoms with Crippen molar-refractivity contribution in [1.29, 1.82) is 0 Å². The fourth-order valence-electron chi connectivity index (χ4n) is 1.88. The summed E-state index contributed by atoms with van der Waals surface area (Å²) in [5, 5.41) is 0. The first kappa shape index (κ1) is 12.5. The molecule has 4 nitrogen and oxygen atoms in total. The molecule has 15 heavy (non-hydrogen) atoms. The normalized spacial score (nSPS) is 24.3. The van der Waals surface area contributed by atoms with Crippen molar-refractivity contribution in [3.8, 4) is 0 Å². The molecule has 1 saturated heterocycles. The molecule has 0 radical (unpaired) electrons. The predicted octanol–water partition coefficient (Wildman–Crippen LogP) is 1.05. The summed E-state index contributed by atoms with van der Waals surface area (Å²) in [7, 11) is 1.43. The van der Waals surface area contributed by atoms with Crippen LogP contribution >= 0.6 is 0 Å². The van der Waals surface area contributed by atoms with Crippen LogP contribution in [0.5, 0.6) is 0 Å². The molecule has 1 unspecified atom stereocenters. The maximum absolute atomic E-state index is 11.4. The molecule has 4 heteroatoms. The second kappa shape index (κ2) is 4.94. The highest BCUT2D eigenvalue weighted by Crippen LogP contribution is 2.18. The lowest BCUT2D eigenvalue weighted by Gasteiger charge is -2.31. The van der Waals surface area contributed by atoms with Gasteiger partial charge in [0.1, 0.15) is 6.04 Å². The molecule has 0 aromatic carbocycles. The Morgan fingerprint density at radius 1 is 1.53 bits per heavy atom. The molecule has 0 spiro atoms. The van der Waals surface area contributed by atoms with Crippen LogP contribution in [0.15, 0.2) is 0 Å². The highest BCUT2D eigenvalue weighted by molar-refractivity contribution is 5.75. The van der Waals surface area contributed by atoms with E-state index in [4.69, 9.17) is 9.47 Å². The zero-order chi connectivity index (χ0) is 11.5. The molecule has 0 saturated carbocycles. The molecule has 0 N–H and O–H groups in total. The molecule has 0 bridgehead atoms. The molecule has 0 aliphatic carbocycles. The van der Waals surface area contributed by atoms with E-state index >= 15 is 0 Å². The number of nitrogens with zero attached hydrogens (tertiary/aromatic N) is 1. The maximum atomic E-state index is 11.4. The molecule has 0 aromatic rings. The third kappa shape index (κ3) is 3.47. The van der Waals surface area contributed by atoms with Crippen molar-refractivity contribution in [2.45, 2.75) is 38.8 Å². The van der Waals surface area contributed by atoms with Gasteiger partial charge in [0.15, 0.2) is 0 Å². The monoisotopic (exact) mass is 215 g/mol. The second-order valence-electron chi connectivity index (χ2n) is 4.63. The highest BCUT2D eigenvalue weighted by atomic mass is 16.5. The van der Waals surface area contributed by atoms with Gasteiger partial charge in [-0.25, -0.2) is 0 Å². The van der Waals surface area contributed by atoms with Crippen molar-refractivity contribution in [1.82, 2.24) is 4.90 Å². The Kier molecular flexibility index (Phi) is 4.11. The van der Waals surface area contributed by atoms with E-state index < -0.39 is 0 Å². The molecule has 1 aliphatic heterocycles. The highest BCUT2D eigenvalue weighted by Gasteiger charge is 2.30. The summed E-state index contributed by atoms with van der Waals surface area (Å²) in [6.45, 7) is 8.40. The minimum atomic E-state index is -0.184. The molecule has 0 amide bonds. The van der Waals surface area contributed by atoms with Gasteiger partial charge in [-0.15, -0.1) is 0 Å². The van der Waals surface area contributed by atoms with Gasteiger partial charge in [0.2, 0.25) is 0 Å². The van der Waals surface area contributed by atoms with Crippen molar-refractivity contribution in [3.05, 3.63) is 0 Å². The van der Waals surface area contributed by atoms with Crippen LogP contribution in [0.2, 0.25) is 0 Å². The van der Waals surface area contributed by atoms with E-state index in [-0.39, 0.29) is 17.6 Å². The zero-order valence-corrected chi connectivity index (χ0v) is 10.1. The van der Waals surface area contributed by atoms with Crippen LogP contribution in [0.25, 0.3) is 0 Å². The van der Waals surface area contributed by atoms with Crippen LogP contribution in [0.4, 0.5) is 0 Å². The second-order valence-corrected chi connectivity index (χ2v) is 4.63. The Balaban J connectivity index is 2.63. The predicted molar refractivity (Wildman–Crippen MR) is 57.7 cm³/mol. The maximum Gasteiger partial charge on any atom is 0.322 e. The number of carbonyl (C=O) groups is 1. The van der Waals surface area contributed by atoms with Crippen LogP contribution in [0, 0.1) is 0 Å². The molecule has 88 valence electrons. The summed E-state index contributed by atoms with van der Waals surface area (Å²) < 4.78 is 10.4. The minimum absolute atomic E-state index is 0.173. The molecule has 0 aromatic heterocycles. The number of esters is 1. The largest absolute Gasteiger partial charge is 0.468 e. The number of rotatable bonds is 2. The van der Waals surface area contributed by atoms with Gasteiger partial charge >= 0.3 is 5.97 Å². The zero-order valence-electron chi connectivity index (χ0n) is 10.1. The molecule has 1 heterocycles. The van der Waals surface area contributed by atoms with Gasteiger partial charge in [-0.1, -0.05) is 0 Å².